The predicted octanol–water partition coefficient (Wildman–Crippen LogP) is 4.35. The van der Waals surface area contributed by atoms with Crippen LogP contribution in [0.25, 0.3) is 0 Å². The van der Waals surface area contributed by atoms with E-state index in [0.717, 1.165) is 32.1 Å². The molecule has 0 saturated heterocycles. The highest BCUT2D eigenvalue weighted by molar-refractivity contribution is 5.67. The van der Waals surface area contributed by atoms with E-state index in [1.54, 1.807) is 0 Å². The summed E-state index contributed by atoms with van der Waals surface area (Å²) in [6.45, 7) is 4.86. The van der Waals surface area contributed by atoms with Gasteiger partial charge in [-0.2, -0.15) is 0 Å². The molecule has 1 unspecified atom stereocenters. The smallest absolute Gasteiger partial charge is 0.407 e. The number of rotatable bonds is 5. The fourth-order valence-corrected chi connectivity index (χ4v) is 2.22. The molecule has 0 radical (unpaired) electrons. The first kappa shape index (κ1) is 15.8. The first-order chi connectivity index (χ1) is 9.22. The highest BCUT2D eigenvalue weighted by Gasteiger charge is 2.11. The molecule has 3 heteroatoms. The van der Waals surface area contributed by atoms with E-state index in [2.05, 4.69) is 31.3 Å². The minimum atomic E-state index is -0.292. The van der Waals surface area contributed by atoms with E-state index in [9.17, 15) is 4.79 Å². The van der Waals surface area contributed by atoms with E-state index in [4.69, 9.17) is 4.74 Å². The molecule has 0 fully saturated rings. The van der Waals surface area contributed by atoms with Crippen molar-refractivity contribution in [2.24, 2.45) is 0 Å². The van der Waals surface area contributed by atoms with E-state index >= 15 is 0 Å². The van der Waals surface area contributed by atoms with E-state index in [1.165, 1.54) is 18.4 Å². The van der Waals surface area contributed by atoms with Crippen LogP contribution in [0.5, 0.6) is 0 Å². The SMILES string of the molecule is CC/C=C(/C)CCNC(=O)OC1/C=C/CCCCC1. The lowest BCUT2D eigenvalue weighted by atomic mass is 10.0. The monoisotopic (exact) mass is 265 g/mol. The standard InChI is InChI=1S/C16H27NO2/c1-3-9-14(2)12-13-17-16(18)19-15-10-7-5-4-6-8-11-15/h7,9-10,15H,3-6,8,11-13H2,1-2H3,(H,17,18)/b10-7+,14-9-. The zero-order valence-electron chi connectivity index (χ0n) is 12.3. The number of ether oxygens (including phenoxy) is 1. The van der Waals surface area contributed by atoms with Crippen molar-refractivity contribution in [3.63, 3.8) is 0 Å². The Morgan fingerprint density at radius 1 is 1.42 bits per heavy atom. The summed E-state index contributed by atoms with van der Waals surface area (Å²) in [5.41, 5.74) is 1.31. The number of nitrogens with one attached hydrogen (secondary N) is 1. The third-order valence-electron chi connectivity index (χ3n) is 3.31. The van der Waals surface area contributed by atoms with Crippen LogP contribution in [0.4, 0.5) is 4.79 Å². The Balaban J connectivity index is 2.22. The van der Waals surface area contributed by atoms with E-state index in [1.807, 2.05) is 6.08 Å². The average molecular weight is 265 g/mol. The number of carbonyl (C=O) groups excluding carboxylic acids is 1. The van der Waals surface area contributed by atoms with Crippen molar-refractivity contribution in [1.29, 1.82) is 0 Å². The van der Waals surface area contributed by atoms with Gasteiger partial charge in [0.15, 0.2) is 0 Å². The Hall–Kier alpha value is -1.25. The lowest BCUT2D eigenvalue weighted by Gasteiger charge is -2.16. The van der Waals surface area contributed by atoms with Gasteiger partial charge in [-0.1, -0.05) is 31.1 Å². The van der Waals surface area contributed by atoms with Crippen molar-refractivity contribution < 1.29 is 9.53 Å². The number of amides is 1. The number of allylic oxidation sites excluding steroid dienone is 2. The normalized spacial score (nSPS) is 22.2. The van der Waals surface area contributed by atoms with Crippen molar-refractivity contribution in [2.75, 3.05) is 6.54 Å². The van der Waals surface area contributed by atoms with Gasteiger partial charge in [0.2, 0.25) is 0 Å². The molecule has 19 heavy (non-hydrogen) atoms. The third kappa shape index (κ3) is 7.70. The molecule has 0 spiro atoms. The summed E-state index contributed by atoms with van der Waals surface area (Å²) in [6, 6.07) is 0. The third-order valence-corrected chi connectivity index (χ3v) is 3.31. The number of alkyl carbamates (subject to hydrolysis) is 1. The molecule has 0 saturated carbocycles. The van der Waals surface area contributed by atoms with Crippen molar-refractivity contribution in [3.05, 3.63) is 23.8 Å². The average Bonchev–Trinajstić information content (AvgIpc) is 2.33. The van der Waals surface area contributed by atoms with Crippen LogP contribution in [0, 0.1) is 0 Å². The van der Waals surface area contributed by atoms with Gasteiger partial charge in [0, 0.05) is 6.54 Å². The zero-order chi connectivity index (χ0) is 13.9. The van der Waals surface area contributed by atoms with Crippen LogP contribution < -0.4 is 5.32 Å². The quantitative estimate of drug-likeness (QED) is 0.751. The second-order valence-electron chi connectivity index (χ2n) is 5.15. The Kier molecular flexibility index (Phi) is 8.03. The second kappa shape index (κ2) is 9.65. The summed E-state index contributed by atoms with van der Waals surface area (Å²) < 4.78 is 5.41. The Morgan fingerprint density at radius 2 is 2.26 bits per heavy atom. The maximum absolute atomic E-state index is 11.7. The van der Waals surface area contributed by atoms with Gasteiger partial charge in [-0.25, -0.2) is 4.79 Å². The molecule has 1 aliphatic carbocycles. The highest BCUT2D eigenvalue weighted by atomic mass is 16.6. The van der Waals surface area contributed by atoms with Crippen molar-refractivity contribution in [2.45, 2.75) is 64.9 Å². The summed E-state index contributed by atoms with van der Waals surface area (Å²) in [5, 5.41) is 2.82. The van der Waals surface area contributed by atoms with E-state index in [-0.39, 0.29) is 12.2 Å². The minimum absolute atomic E-state index is 0.0485. The molecule has 0 bridgehead atoms. The molecule has 1 aliphatic rings. The van der Waals surface area contributed by atoms with Gasteiger partial charge in [0.1, 0.15) is 6.10 Å². The van der Waals surface area contributed by atoms with E-state index < -0.39 is 0 Å². The summed E-state index contributed by atoms with van der Waals surface area (Å²) in [5.74, 6) is 0. The van der Waals surface area contributed by atoms with Gasteiger partial charge >= 0.3 is 6.09 Å². The summed E-state index contributed by atoms with van der Waals surface area (Å²) in [7, 11) is 0. The fourth-order valence-electron chi connectivity index (χ4n) is 2.22. The van der Waals surface area contributed by atoms with Crippen LogP contribution in [0.1, 0.15) is 58.8 Å². The van der Waals surface area contributed by atoms with Crippen molar-refractivity contribution >= 4 is 6.09 Å². The first-order valence-electron chi connectivity index (χ1n) is 7.49. The molecule has 1 amide bonds. The first-order valence-corrected chi connectivity index (χ1v) is 7.49. The lowest BCUT2D eigenvalue weighted by molar-refractivity contribution is 0.113. The largest absolute Gasteiger partial charge is 0.442 e. The van der Waals surface area contributed by atoms with Crippen LogP contribution in [0.2, 0.25) is 0 Å². The predicted molar refractivity (Wildman–Crippen MR) is 79.2 cm³/mol. The molecule has 0 heterocycles. The molecule has 108 valence electrons. The molecular formula is C16H27NO2. The Labute approximate surface area is 117 Å². The van der Waals surface area contributed by atoms with Gasteiger partial charge in [-0.05, 0) is 51.5 Å². The van der Waals surface area contributed by atoms with Crippen LogP contribution in [-0.2, 0) is 4.74 Å². The molecule has 1 rings (SSSR count). The zero-order valence-corrected chi connectivity index (χ0v) is 12.3. The van der Waals surface area contributed by atoms with Gasteiger partial charge in [0.05, 0.1) is 0 Å². The van der Waals surface area contributed by atoms with Crippen LogP contribution >= 0.6 is 0 Å². The Bertz CT molecular complexity index is 321. The van der Waals surface area contributed by atoms with E-state index in [0.29, 0.717) is 6.54 Å². The second-order valence-corrected chi connectivity index (χ2v) is 5.15. The van der Waals surface area contributed by atoms with Gasteiger partial charge in [-0.15, -0.1) is 0 Å². The molecule has 0 aromatic heterocycles. The lowest BCUT2D eigenvalue weighted by Crippen LogP contribution is -2.29. The van der Waals surface area contributed by atoms with Crippen molar-refractivity contribution in [1.82, 2.24) is 5.32 Å². The topological polar surface area (TPSA) is 38.3 Å². The molecular weight excluding hydrogens is 238 g/mol. The summed E-state index contributed by atoms with van der Waals surface area (Å²) in [4.78, 5) is 11.7. The maximum atomic E-state index is 11.7. The highest BCUT2D eigenvalue weighted by Crippen LogP contribution is 2.14. The summed E-state index contributed by atoms with van der Waals surface area (Å²) >= 11 is 0. The van der Waals surface area contributed by atoms with Crippen LogP contribution in [-0.4, -0.2) is 18.7 Å². The van der Waals surface area contributed by atoms with Gasteiger partial charge in [-0.3, -0.25) is 0 Å². The summed E-state index contributed by atoms with van der Waals surface area (Å²) in [6.07, 6.45) is 13.6. The molecule has 1 atom stereocenters. The minimum Gasteiger partial charge on any atom is -0.442 e. The number of hydrogen-bond acceptors (Lipinski definition) is 2. The van der Waals surface area contributed by atoms with Crippen LogP contribution in [0.3, 0.4) is 0 Å². The number of carbonyl (C=O) groups is 1. The van der Waals surface area contributed by atoms with Gasteiger partial charge < -0.3 is 10.1 Å². The maximum Gasteiger partial charge on any atom is 0.407 e. The fraction of sp³-hybridized carbons (Fsp3) is 0.688. The molecule has 0 aromatic carbocycles. The molecule has 0 aliphatic heterocycles. The van der Waals surface area contributed by atoms with Gasteiger partial charge in [0.25, 0.3) is 0 Å². The molecule has 1 N–H and O–H groups in total. The number of hydrogen-bond donors (Lipinski definition) is 1. The van der Waals surface area contributed by atoms with Crippen molar-refractivity contribution in [3.8, 4) is 0 Å². The van der Waals surface area contributed by atoms with Crippen LogP contribution in [0.15, 0.2) is 23.8 Å². The molecule has 3 nitrogen and oxygen atoms in total. The molecule has 0 aromatic rings. The Morgan fingerprint density at radius 3 is 3.05 bits per heavy atom.